The predicted molar refractivity (Wildman–Crippen MR) is 122 cm³/mol. The van der Waals surface area contributed by atoms with Gasteiger partial charge in [0.05, 0.1) is 18.0 Å². The second kappa shape index (κ2) is 9.32. The zero-order valence-corrected chi connectivity index (χ0v) is 19.1. The van der Waals surface area contributed by atoms with Gasteiger partial charge < -0.3 is 10.6 Å². The zero-order valence-electron chi connectivity index (χ0n) is 18.3. The Kier molecular flexibility index (Phi) is 6.48. The van der Waals surface area contributed by atoms with E-state index in [1.807, 2.05) is 6.92 Å². The Labute approximate surface area is 192 Å². The Morgan fingerprint density at radius 3 is 2.55 bits per heavy atom. The number of piperidine rings is 1. The van der Waals surface area contributed by atoms with Gasteiger partial charge in [0.1, 0.15) is 0 Å². The van der Waals surface area contributed by atoms with E-state index in [4.69, 9.17) is 0 Å². The summed E-state index contributed by atoms with van der Waals surface area (Å²) in [5.74, 6) is -0.694. The van der Waals surface area contributed by atoms with E-state index >= 15 is 0 Å². The van der Waals surface area contributed by atoms with E-state index in [0.29, 0.717) is 23.4 Å². The minimum atomic E-state index is -3.60. The van der Waals surface area contributed by atoms with E-state index in [-0.39, 0.29) is 29.9 Å². The van der Waals surface area contributed by atoms with Crippen LogP contribution in [0, 0.1) is 0 Å². The van der Waals surface area contributed by atoms with Crippen molar-refractivity contribution >= 4 is 33.6 Å². The Balaban J connectivity index is 1.44. The number of imide groups is 1. The number of carbonyl (C=O) groups excluding carboxylic acids is 3. The number of hydrogen-bond donors (Lipinski definition) is 2. The Morgan fingerprint density at radius 2 is 1.88 bits per heavy atom. The summed E-state index contributed by atoms with van der Waals surface area (Å²) in [6.45, 7) is 2.51. The number of amides is 4. The van der Waals surface area contributed by atoms with E-state index in [0.717, 1.165) is 24.2 Å². The van der Waals surface area contributed by atoms with Gasteiger partial charge in [0.15, 0.2) is 0 Å². The van der Waals surface area contributed by atoms with Crippen molar-refractivity contribution in [2.75, 3.05) is 18.4 Å². The molecule has 0 aromatic heterocycles. The number of urea groups is 1. The molecule has 2 heterocycles. The van der Waals surface area contributed by atoms with Gasteiger partial charge in [-0.1, -0.05) is 18.6 Å². The summed E-state index contributed by atoms with van der Waals surface area (Å²) in [6.07, 6.45) is 2.71. The third-order valence-electron chi connectivity index (χ3n) is 5.93. The molecule has 2 saturated heterocycles. The van der Waals surface area contributed by atoms with Gasteiger partial charge in [0.2, 0.25) is 15.9 Å². The summed E-state index contributed by atoms with van der Waals surface area (Å²) >= 11 is 0. The first-order valence-electron chi connectivity index (χ1n) is 10.9. The molecule has 4 rings (SSSR count). The third kappa shape index (κ3) is 4.91. The van der Waals surface area contributed by atoms with Gasteiger partial charge in [-0.25, -0.2) is 13.2 Å². The standard InChI is InChI=1S/C23H26N4O5S/c1-16-5-2-3-12-27(16)33(31,32)20-10-8-18(9-11-20)22(29)25-19-7-4-6-17(13-19)15-26-21(28)14-24-23(26)30/h4,6-11,13,16H,2-3,5,12,14-15H2,1H3,(H,24,30)(H,25,29). The largest absolute Gasteiger partial charge is 0.329 e. The van der Waals surface area contributed by atoms with Crippen molar-refractivity contribution in [3.8, 4) is 0 Å². The monoisotopic (exact) mass is 470 g/mol. The summed E-state index contributed by atoms with van der Waals surface area (Å²) in [6, 6.07) is 12.3. The van der Waals surface area contributed by atoms with Gasteiger partial charge >= 0.3 is 6.03 Å². The van der Waals surface area contributed by atoms with Crippen LogP contribution in [0.1, 0.15) is 42.1 Å². The number of nitrogens with one attached hydrogen (secondary N) is 2. The van der Waals surface area contributed by atoms with E-state index in [1.165, 1.54) is 28.6 Å². The molecule has 2 aromatic rings. The fraction of sp³-hybridized carbons (Fsp3) is 0.348. The quantitative estimate of drug-likeness (QED) is 0.630. The topological polar surface area (TPSA) is 116 Å². The molecule has 9 nitrogen and oxygen atoms in total. The van der Waals surface area contributed by atoms with Crippen LogP contribution in [0.5, 0.6) is 0 Å². The minimum absolute atomic E-state index is 0.0162. The van der Waals surface area contributed by atoms with Crippen LogP contribution in [0.4, 0.5) is 10.5 Å². The number of rotatable bonds is 6. The minimum Gasteiger partial charge on any atom is -0.329 e. The second-order valence-electron chi connectivity index (χ2n) is 8.28. The highest BCUT2D eigenvalue weighted by Crippen LogP contribution is 2.25. The fourth-order valence-corrected chi connectivity index (χ4v) is 5.79. The molecule has 0 radical (unpaired) electrons. The maximum atomic E-state index is 13.0. The Hall–Kier alpha value is -3.24. The average Bonchev–Trinajstić information content (AvgIpc) is 3.11. The normalized spacial score (nSPS) is 19.4. The summed E-state index contributed by atoms with van der Waals surface area (Å²) in [5, 5.41) is 5.24. The number of carbonyl (C=O) groups is 3. The first-order chi connectivity index (χ1) is 15.8. The molecule has 0 bridgehead atoms. The zero-order chi connectivity index (χ0) is 23.6. The molecule has 1 unspecified atom stereocenters. The van der Waals surface area contributed by atoms with Gasteiger partial charge in [-0.2, -0.15) is 4.31 Å². The molecule has 2 N–H and O–H groups in total. The Morgan fingerprint density at radius 1 is 1.12 bits per heavy atom. The first kappa shape index (κ1) is 22.9. The number of hydrogen-bond acceptors (Lipinski definition) is 5. The molecule has 174 valence electrons. The van der Waals surface area contributed by atoms with Gasteiger partial charge in [0, 0.05) is 23.8 Å². The fourth-order valence-electron chi connectivity index (χ4n) is 4.09. The summed E-state index contributed by atoms with van der Waals surface area (Å²) < 4.78 is 27.5. The molecule has 2 aromatic carbocycles. The number of nitrogens with zero attached hydrogens (tertiary/aromatic N) is 2. The molecule has 4 amide bonds. The van der Waals surface area contributed by atoms with Crippen molar-refractivity contribution in [1.29, 1.82) is 0 Å². The van der Waals surface area contributed by atoms with Gasteiger partial charge in [-0.05, 0) is 61.7 Å². The van der Waals surface area contributed by atoms with E-state index in [2.05, 4.69) is 10.6 Å². The van der Waals surface area contributed by atoms with Gasteiger partial charge in [0.25, 0.3) is 5.91 Å². The van der Waals surface area contributed by atoms with Crippen molar-refractivity contribution in [2.45, 2.75) is 43.7 Å². The van der Waals surface area contributed by atoms with Crippen molar-refractivity contribution in [2.24, 2.45) is 0 Å². The smallest absolute Gasteiger partial charge is 0.324 e. The maximum Gasteiger partial charge on any atom is 0.324 e. The molecule has 10 heteroatoms. The van der Waals surface area contributed by atoms with Crippen molar-refractivity contribution in [3.05, 3.63) is 59.7 Å². The molecule has 2 aliphatic heterocycles. The molecular weight excluding hydrogens is 444 g/mol. The number of anilines is 1. The highest BCUT2D eigenvalue weighted by molar-refractivity contribution is 7.89. The van der Waals surface area contributed by atoms with E-state index in [9.17, 15) is 22.8 Å². The first-order valence-corrected chi connectivity index (χ1v) is 12.3. The van der Waals surface area contributed by atoms with Crippen molar-refractivity contribution < 1.29 is 22.8 Å². The van der Waals surface area contributed by atoms with Gasteiger partial charge in [-0.15, -0.1) is 0 Å². The van der Waals surface area contributed by atoms with Crippen LogP contribution in [0.3, 0.4) is 0 Å². The Bertz CT molecular complexity index is 1160. The lowest BCUT2D eigenvalue weighted by atomic mass is 10.1. The highest BCUT2D eigenvalue weighted by atomic mass is 32.2. The van der Waals surface area contributed by atoms with Crippen molar-refractivity contribution in [3.63, 3.8) is 0 Å². The van der Waals surface area contributed by atoms with E-state index in [1.54, 1.807) is 24.3 Å². The van der Waals surface area contributed by atoms with Crippen LogP contribution in [0.25, 0.3) is 0 Å². The second-order valence-corrected chi connectivity index (χ2v) is 10.2. The summed E-state index contributed by atoms with van der Waals surface area (Å²) in [4.78, 5) is 37.5. The lowest BCUT2D eigenvalue weighted by Crippen LogP contribution is -2.41. The molecule has 2 fully saturated rings. The van der Waals surface area contributed by atoms with Crippen molar-refractivity contribution in [1.82, 2.24) is 14.5 Å². The number of sulfonamides is 1. The van der Waals surface area contributed by atoms with Crippen LogP contribution in [0.2, 0.25) is 0 Å². The summed E-state index contributed by atoms with van der Waals surface area (Å²) in [7, 11) is -3.60. The van der Waals surface area contributed by atoms with Crippen LogP contribution in [-0.4, -0.2) is 54.6 Å². The molecule has 0 aliphatic carbocycles. The third-order valence-corrected chi connectivity index (χ3v) is 7.96. The van der Waals surface area contributed by atoms with E-state index < -0.39 is 22.0 Å². The number of benzene rings is 2. The molecule has 0 saturated carbocycles. The molecule has 2 aliphatic rings. The van der Waals surface area contributed by atoms with Gasteiger partial charge in [-0.3, -0.25) is 14.5 Å². The lowest BCUT2D eigenvalue weighted by Gasteiger charge is -2.32. The van der Waals surface area contributed by atoms with Crippen LogP contribution in [0.15, 0.2) is 53.4 Å². The SMILES string of the molecule is CC1CCCCN1S(=O)(=O)c1ccc(C(=O)Nc2cccc(CN3C(=O)CNC3=O)c2)cc1. The highest BCUT2D eigenvalue weighted by Gasteiger charge is 2.31. The summed E-state index contributed by atoms with van der Waals surface area (Å²) in [5.41, 5.74) is 1.51. The van der Waals surface area contributed by atoms with Crippen LogP contribution < -0.4 is 10.6 Å². The van der Waals surface area contributed by atoms with Crippen LogP contribution in [-0.2, 0) is 21.4 Å². The molecule has 33 heavy (non-hydrogen) atoms. The maximum absolute atomic E-state index is 13.0. The lowest BCUT2D eigenvalue weighted by molar-refractivity contribution is -0.125. The van der Waals surface area contributed by atoms with Crippen LogP contribution >= 0.6 is 0 Å². The molecule has 0 spiro atoms. The average molecular weight is 471 g/mol. The molecular formula is C23H26N4O5S. The predicted octanol–water partition coefficient (Wildman–Crippen LogP) is 2.55. The molecule has 1 atom stereocenters.